The third-order valence-corrected chi connectivity index (χ3v) is 5.37. The van der Waals surface area contributed by atoms with E-state index in [-0.39, 0.29) is 36.7 Å². The number of aromatic nitrogens is 2. The van der Waals surface area contributed by atoms with E-state index in [9.17, 15) is 9.59 Å². The Bertz CT molecular complexity index is 548. The number of nitrogens with zero attached hydrogens (tertiary/aromatic N) is 3. The molecule has 1 saturated heterocycles. The van der Waals surface area contributed by atoms with Crippen LogP contribution in [0.5, 0.6) is 0 Å². The SMILES string of the molecule is CC(C)c1nnc(NC(=O)CCC(=O)N2[C@@H](C)CCC[C@@H]2C)s1. The fourth-order valence-corrected chi connectivity index (χ4v) is 3.72. The molecule has 7 heteroatoms. The van der Waals surface area contributed by atoms with Gasteiger partial charge in [0.2, 0.25) is 16.9 Å². The number of piperidine rings is 1. The van der Waals surface area contributed by atoms with Crippen LogP contribution in [0, 0.1) is 0 Å². The largest absolute Gasteiger partial charge is 0.337 e. The van der Waals surface area contributed by atoms with Gasteiger partial charge in [-0.15, -0.1) is 10.2 Å². The molecule has 2 amide bonds. The van der Waals surface area contributed by atoms with Gasteiger partial charge in [-0.1, -0.05) is 25.2 Å². The average molecular weight is 338 g/mol. The fourth-order valence-electron chi connectivity index (χ4n) is 2.96. The van der Waals surface area contributed by atoms with Crippen LogP contribution >= 0.6 is 11.3 Å². The summed E-state index contributed by atoms with van der Waals surface area (Å²) in [6, 6.07) is 0.539. The number of rotatable bonds is 5. The monoisotopic (exact) mass is 338 g/mol. The molecule has 1 aliphatic heterocycles. The van der Waals surface area contributed by atoms with Crippen LogP contribution in [0.25, 0.3) is 0 Å². The maximum atomic E-state index is 12.4. The number of carbonyl (C=O) groups is 2. The summed E-state index contributed by atoms with van der Waals surface area (Å²) in [6.07, 6.45) is 3.69. The molecule has 2 rings (SSSR count). The molecule has 0 spiro atoms. The molecular weight excluding hydrogens is 312 g/mol. The molecule has 0 aliphatic carbocycles. The van der Waals surface area contributed by atoms with Gasteiger partial charge in [0.05, 0.1) is 0 Å². The normalized spacial score (nSPS) is 21.5. The number of carbonyl (C=O) groups excluding carboxylic acids is 2. The van der Waals surface area contributed by atoms with Gasteiger partial charge < -0.3 is 10.2 Å². The molecule has 0 bridgehead atoms. The highest BCUT2D eigenvalue weighted by Crippen LogP contribution is 2.24. The summed E-state index contributed by atoms with van der Waals surface area (Å²) in [7, 11) is 0. The van der Waals surface area contributed by atoms with Crippen LogP contribution in [-0.2, 0) is 9.59 Å². The maximum absolute atomic E-state index is 12.4. The zero-order chi connectivity index (χ0) is 17.0. The van der Waals surface area contributed by atoms with Gasteiger partial charge in [0.25, 0.3) is 0 Å². The number of likely N-dealkylation sites (tertiary alicyclic amines) is 1. The Morgan fingerprint density at radius 3 is 2.43 bits per heavy atom. The predicted octanol–water partition coefficient (Wildman–Crippen LogP) is 3.17. The van der Waals surface area contributed by atoms with Crippen LogP contribution in [0.3, 0.4) is 0 Å². The molecule has 2 atom stereocenters. The Hall–Kier alpha value is -1.50. The van der Waals surface area contributed by atoms with E-state index >= 15 is 0 Å². The minimum Gasteiger partial charge on any atom is -0.337 e. The predicted molar refractivity (Wildman–Crippen MR) is 91.5 cm³/mol. The topological polar surface area (TPSA) is 75.2 Å². The summed E-state index contributed by atoms with van der Waals surface area (Å²) in [5.41, 5.74) is 0. The first-order valence-corrected chi connectivity index (χ1v) is 9.14. The Kier molecular flexibility index (Phi) is 6.10. The lowest BCUT2D eigenvalue weighted by atomic mass is 9.97. The van der Waals surface area contributed by atoms with Gasteiger partial charge in [-0.25, -0.2) is 0 Å². The van der Waals surface area contributed by atoms with Crippen LogP contribution < -0.4 is 5.32 Å². The van der Waals surface area contributed by atoms with Crippen LogP contribution in [-0.4, -0.2) is 39.0 Å². The van der Waals surface area contributed by atoms with E-state index in [0.29, 0.717) is 11.0 Å². The molecule has 1 aromatic heterocycles. The summed E-state index contributed by atoms with van der Waals surface area (Å²) in [5.74, 6) is 0.184. The molecule has 0 saturated carbocycles. The van der Waals surface area contributed by atoms with E-state index in [0.717, 1.165) is 17.8 Å². The molecule has 1 aliphatic rings. The fraction of sp³-hybridized carbons (Fsp3) is 0.750. The summed E-state index contributed by atoms with van der Waals surface area (Å²) in [4.78, 5) is 26.3. The maximum Gasteiger partial charge on any atom is 0.226 e. The van der Waals surface area contributed by atoms with Crippen LogP contribution in [0.1, 0.15) is 70.7 Å². The van der Waals surface area contributed by atoms with Crippen molar-refractivity contribution in [3.05, 3.63) is 5.01 Å². The molecule has 1 aromatic rings. The smallest absolute Gasteiger partial charge is 0.226 e. The van der Waals surface area contributed by atoms with Gasteiger partial charge in [0.15, 0.2) is 0 Å². The van der Waals surface area contributed by atoms with E-state index in [4.69, 9.17) is 0 Å². The number of hydrogen-bond acceptors (Lipinski definition) is 5. The molecule has 0 aromatic carbocycles. The van der Waals surface area contributed by atoms with Crippen molar-refractivity contribution in [3.63, 3.8) is 0 Å². The number of amides is 2. The Morgan fingerprint density at radius 1 is 1.22 bits per heavy atom. The van der Waals surface area contributed by atoms with Crippen molar-refractivity contribution < 1.29 is 9.59 Å². The quantitative estimate of drug-likeness (QED) is 0.895. The van der Waals surface area contributed by atoms with Crippen LogP contribution in [0.15, 0.2) is 0 Å². The van der Waals surface area contributed by atoms with Gasteiger partial charge >= 0.3 is 0 Å². The average Bonchev–Trinajstić information content (AvgIpc) is 2.93. The second-order valence-corrected chi connectivity index (χ2v) is 7.59. The van der Waals surface area contributed by atoms with Crippen molar-refractivity contribution in [2.75, 3.05) is 5.32 Å². The van der Waals surface area contributed by atoms with Crippen molar-refractivity contribution in [1.82, 2.24) is 15.1 Å². The van der Waals surface area contributed by atoms with E-state index < -0.39 is 0 Å². The highest BCUT2D eigenvalue weighted by molar-refractivity contribution is 7.15. The minimum absolute atomic E-state index is 0.0694. The first-order valence-electron chi connectivity index (χ1n) is 8.33. The second-order valence-electron chi connectivity index (χ2n) is 6.58. The molecule has 1 N–H and O–H groups in total. The van der Waals surface area contributed by atoms with Crippen molar-refractivity contribution >= 4 is 28.3 Å². The van der Waals surface area contributed by atoms with E-state index in [1.165, 1.54) is 17.8 Å². The summed E-state index contributed by atoms with van der Waals surface area (Å²) < 4.78 is 0. The molecule has 6 nitrogen and oxygen atoms in total. The van der Waals surface area contributed by atoms with Gasteiger partial charge in [-0.2, -0.15) is 0 Å². The lowest BCUT2D eigenvalue weighted by Crippen LogP contribution is -2.47. The Morgan fingerprint density at radius 2 is 1.87 bits per heavy atom. The number of anilines is 1. The van der Waals surface area contributed by atoms with Crippen LogP contribution in [0.4, 0.5) is 5.13 Å². The lowest BCUT2D eigenvalue weighted by molar-refractivity contribution is -0.138. The first-order chi connectivity index (χ1) is 10.9. The number of nitrogens with one attached hydrogen (secondary N) is 1. The molecule has 128 valence electrons. The molecule has 23 heavy (non-hydrogen) atoms. The zero-order valence-electron chi connectivity index (χ0n) is 14.3. The van der Waals surface area contributed by atoms with E-state index in [2.05, 4.69) is 29.4 Å². The van der Waals surface area contributed by atoms with Gasteiger partial charge in [-0.3, -0.25) is 9.59 Å². The molecule has 0 radical (unpaired) electrons. The zero-order valence-corrected chi connectivity index (χ0v) is 15.2. The summed E-state index contributed by atoms with van der Waals surface area (Å²) >= 11 is 1.38. The molecule has 2 heterocycles. The minimum atomic E-state index is -0.179. The van der Waals surface area contributed by atoms with Gasteiger partial charge in [0.1, 0.15) is 5.01 Å². The standard InChI is InChI=1S/C16H26N4O2S/c1-10(2)15-18-19-16(23-15)17-13(21)8-9-14(22)20-11(3)6-5-7-12(20)4/h10-12H,5-9H2,1-4H3,(H,17,19,21)/t11-,12-/m0/s1. The van der Waals surface area contributed by atoms with Gasteiger partial charge in [-0.05, 0) is 33.1 Å². The van der Waals surface area contributed by atoms with Crippen LogP contribution in [0.2, 0.25) is 0 Å². The lowest BCUT2D eigenvalue weighted by Gasteiger charge is -2.39. The van der Waals surface area contributed by atoms with Crippen molar-refractivity contribution in [1.29, 1.82) is 0 Å². The summed E-state index contributed by atoms with van der Waals surface area (Å²) in [5, 5.41) is 12.1. The third-order valence-electron chi connectivity index (χ3n) is 4.23. The number of hydrogen-bond donors (Lipinski definition) is 1. The Labute approximate surface area is 141 Å². The van der Waals surface area contributed by atoms with E-state index in [1.54, 1.807) is 0 Å². The van der Waals surface area contributed by atoms with Gasteiger partial charge in [0, 0.05) is 30.8 Å². The Balaban J connectivity index is 1.82. The molecular formula is C16H26N4O2S. The van der Waals surface area contributed by atoms with Crippen molar-refractivity contribution in [2.24, 2.45) is 0 Å². The highest BCUT2D eigenvalue weighted by atomic mass is 32.1. The molecule has 1 fully saturated rings. The van der Waals surface area contributed by atoms with Crippen molar-refractivity contribution in [2.45, 2.75) is 77.8 Å². The third kappa shape index (κ3) is 4.73. The highest BCUT2D eigenvalue weighted by Gasteiger charge is 2.28. The van der Waals surface area contributed by atoms with E-state index in [1.807, 2.05) is 18.7 Å². The second kappa shape index (κ2) is 7.86. The summed E-state index contributed by atoms with van der Waals surface area (Å²) in [6.45, 7) is 8.24. The molecule has 0 unspecified atom stereocenters. The first kappa shape index (κ1) is 17.8. The van der Waals surface area contributed by atoms with Crippen molar-refractivity contribution in [3.8, 4) is 0 Å².